The summed E-state index contributed by atoms with van der Waals surface area (Å²) in [7, 11) is 3.48. The number of halogens is 1. The third-order valence-electron chi connectivity index (χ3n) is 2.65. The van der Waals surface area contributed by atoms with Crippen LogP contribution in [0.2, 0.25) is 0 Å². The Hall–Kier alpha value is -1.75. The Morgan fingerprint density at radius 1 is 1.26 bits per heavy atom. The molecule has 0 fully saturated rings. The van der Waals surface area contributed by atoms with Crippen LogP contribution in [0.3, 0.4) is 0 Å². The lowest BCUT2D eigenvalue weighted by molar-refractivity contribution is 0.0828. The van der Waals surface area contributed by atoms with Gasteiger partial charge in [-0.25, -0.2) is 0 Å². The van der Waals surface area contributed by atoms with E-state index >= 15 is 0 Å². The largest absolute Gasteiger partial charge is 0.452 e. The number of carbonyl (C=O) groups is 1. The van der Waals surface area contributed by atoms with Gasteiger partial charge < -0.3 is 14.6 Å². The molecule has 4 nitrogen and oxygen atoms in total. The van der Waals surface area contributed by atoms with Crippen LogP contribution in [0.25, 0.3) is 0 Å². The lowest BCUT2D eigenvalue weighted by Gasteiger charge is -2.14. The Labute approximate surface area is 120 Å². The molecule has 1 aromatic heterocycles. The summed E-state index contributed by atoms with van der Waals surface area (Å²) >= 11 is 3.26. The van der Waals surface area contributed by atoms with E-state index in [1.54, 1.807) is 19.0 Å². The summed E-state index contributed by atoms with van der Waals surface area (Å²) in [6.45, 7) is 0.531. The van der Waals surface area contributed by atoms with Gasteiger partial charge in [-0.15, -0.1) is 0 Å². The summed E-state index contributed by atoms with van der Waals surface area (Å²) < 4.78 is 6.11. The number of benzene rings is 1. The minimum Gasteiger partial charge on any atom is -0.452 e. The Bertz CT molecular complexity index is 578. The van der Waals surface area contributed by atoms with Gasteiger partial charge in [-0.05, 0) is 40.2 Å². The molecule has 1 amide bonds. The summed E-state index contributed by atoms with van der Waals surface area (Å²) in [5, 5.41) is 3.22. The quantitative estimate of drug-likeness (QED) is 0.938. The van der Waals surface area contributed by atoms with Gasteiger partial charge in [0, 0.05) is 19.8 Å². The zero-order valence-electron chi connectivity index (χ0n) is 10.8. The number of rotatable bonds is 4. The van der Waals surface area contributed by atoms with E-state index in [1.165, 1.54) is 0 Å². The van der Waals surface area contributed by atoms with E-state index in [4.69, 9.17) is 4.42 Å². The molecular formula is C14H15BrN2O2. The molecule has 2 rings (SSSR count). The molecule has 19 heavy (non-hydrogen) atoms. The molecule has 0 radical (unpaired) electrons. The highest BCUT2D eigenvalue weighted by Crippen LogP contribution is 2.19. The Morgan fingerprint density at radius 2 is 2.00 bits per heavy atom. The minimum absolute atomic E-state index is 0.0243. The number of nitrogens with zero attached hydrogens (tertiary/aromatic N) is 1. The van der Waals surface area contributed by atoms with Crippen molar-refractivity contribution in [1.82, 2.24) is 4.90 Å². The molecule has 1 N–H and O–H groups in total. The van der Waals surface area contributed by atoms with Gasteiger partial charge in [0.2, 0.25) is 0 Å². The maximum absolute atomic E-state index is 12.0. The van der Waals surface area contributed by atoms with Crippen LogP contribution >= 0.6 is 15.9 Å². The highest BCUT2D eigenvalue weighted by Gasteiger charge is 2.12. The first-order valence-corrected chi connectivity index (χ1v) is 6.66. The van der Waals surface area contributed by atoms with Crippen LogP contribution in [0.1, 0.15) is 16.1 Å². The molecule has 0 bridgehead atoms. The number of furan rings is 1. The smallest absolute Gasteiger partial charge is 0.255 e. The minimum atomic E-state index is -0.0243. The fraction of sp³-hybridized carbons (Fsp3) is 0.214. The van der Waals surface area contributed by atoms with Crippen molar-refractivity contribution in [3.63, 3.8) is 0 Å². The first kappa shape index (κ1) is 13.7. The van der Waals surface area contributed by atoms with E-state index < -0.39 is 0 Å². The maximum atomic E-state index is 12.0. The molecule has 0 aliphatic heterocycles. The van der Waals surface area contributed by atoms with Crippen LogP contribution in [-0.2, 0) is 6.54 Å². The van der Waals surface area contributed by atoms with E-state index in [0.29, 0.717) is 16.8 Å². The highest BCUT2D eigenvalue weighted by molar-refractivity contribution is 9.10. The zero-order chi connectivity index (χ0) is 13.8. The van der Waals surface area contributed by atoms with Gasteiger partial charge in [0.25, 0.3) is 5.91 Å². The molecule has 2 aromatic rings. The van der Waals surface area contributed by atoms with Gasteiger partial charge in [-0.1, -0.05) is 12.1 Å². The number of carbonyl (C=O) groups excluding carboxylic acids is 1. The number of hydrogen-bond donors (Lipinski definition) is 1. The first-order chi connectivity index (χ1) is 9.08. The fourth-order valence-electron chi connectivity index (χ4n) is 1.69. The summed E-state index contributed by atoms with van der Waals surface area (Å²) in [5.74, 6) is 0.780. The van der Waals surface area contributed by atoms with E-state index in [-0.39, 0.29) is 5.91 Å². The van der Waals surface area contributed by atoms with Crippen molar-refractivity contribution in [1.29, 1.82) is 0 Å². The average molecular weight is 323 g/mol. The molecule has 0 saturated carbocycles. The Balaban J connectivity index is 2.14. The molecule has 1 heterocycles. The number of hydrogen-bond acceptors (Lipinski definition) is 3. The van der Waals surface area contributed by atoms with Gasteiger partial charge in [0.05, 0.1) is 12.1 Å². The monoisotopic (exact) mass is 322 g/mol. The standard InChI is InChI=1S/C14H15BrN2O2/c1-17(2)14(18)11-5-3-4-6-12(11)16-9-10-7-8-13(15)19-10/h3-8,16H,9H2,1-2H3. The zero-order valence-corrected chi connectivity index (χ0v) is 12.4. The molecule has 0 saturated heterocycles. The van der Waals surface area contributed by atoms with Crippen LogP contribution in [0, 0.1) is 0 Å². The highest BCUT2D eigenvalue weighted by atomic mass is 79.9. The van der Waals surface area contributed by atoms with Crippen LogP contribution in [0.5, 0.6) is 0 Å². The molecule has 0 atom stereocenters. The third-order valence-corrected chi connectivity index (χ3v) is 3.07. The summed E-state index contributed by atoms with van der Waals surface area (Å²) in [5.41, 5.74) is 1.45. The van der Waals surface area contributed by atoms with Crippen molar-refractivity contribution in [2.75, 3.05) is 19.4 Å². The topological polar surface area (TPSA) is 45.5 Å². The molecule has 0 spiro atoms. The van der Waals surface area contributed by atoms with Gasteiger partial charge in [-0.3, -0.25) is 4.79 Å². The molecule has 0 unspecified atom stereocenters. The van der Waals surface area contributed by atoms with Crippen LogP contribution < -0.4 is 5.32 Å². The van der Waals surface area contributed by atoms with E-state index in [1.807, 2.05) is 36.4 Å². The summed E-state index contributed by atoms with van der Waals surface area (Å²) in [6.07, 6.45) is 0. The van der Waals surface area contributed by atoms with Crippen LogP contribution in [0.15, 0.2) is 45.5 Å². The Kier molecular flexibility index (Phi) is 4.27. The third kappa shape index (κ3) is 3.38. The maximum Gasteiger partial charge on any atom is 0.255 e. The van der Waals surface area contributed by atoms with Gasteiger partial charge >= 0.3 is 0 Å². The molecule has 0 aliphatic rings. The van der Waals surface area contributed by atoms with Gasteiger partial charge in [-0.2, -0.15) is 0 Å². The van der Waals surface area contributed by atoms with Crippen molar-refractivity contribution in [3.05, 3.63) is 52.4 Å². The predicted molar refractivity (Wildman–Crippen MR) is 78.2 cm³/mol. The van der Waals surface area contributed by atoms with E-state index in [9.17, 15) is 4.79 Å². The first-order valence-electron chi connectivity index (χ1n) is 5.86. The molecule has 1 aromatic carbocycles. The summed E-state index contributed by atoms with van der Waals surface area (Å²) in [6, 6.07) is 11.2. The van der Waals surface area contributed by atoms with Gasteiger partial charge in [0.1, 0.15) is 5.76 Å². The van der Waals surface area contributed by atoms with Crippen molar-refractivity contribution in [3.8, 4) is 0 Å². The van der Waals surface area contributed by atoms with Crippen LogP contribution in [0.4, 0.5) is 5.69 Å². The van der Waals surface area contributed by atoms with Crippen molar-refractivity contribution in [2.45, 2.75) is 6.54 Å². The van der Waals surface area contributed by atoms with Crippen molar-refractivity contribution >= 4 is 27.5 Å². The fourth-order valence-corrected chi connectivity index (χ4v) is 2.03. The Morgan fingerprint density at radius 3 is 2.63 bits per heavy atom. The second-order valence-electron chi connectivity index (χ2n) is 4.30. The second-order valence-corrected chi connectivity index (χ2v) is 5.09. The summed E-state index contributed by atoms with van der Waals surface area (Å²) in [4.78, 5) is 13.6. The number of amides is 1. The van der Waals surface area contributed by atoms with E-state index in [2.05, 4.69) is 21.2 Å². The van der Waals surface area contributed by atoms with Crippen LogP contribution in [-0.4, -0.2) is 24.9 Å². The second kappa shape index (κ2) is 5.93. The van der Waals surface area contributed by atoms with Crippen molar-refractivity contribution in [2.24, 2.45) is 0 Å². The number of nitrogens with one attached hydrogen (secondary N) is 1. The SMILES string of the molecule is CN(C)C(=O)c1ccccc1NCc1ccc(Br)o1. The molecule has 0 aliphatic carbocycles. The lowest BCUT2D eigenvalue weighted by Crippen LogP contribution is -2.22. The molecule has 5 heteroatoms. The average Bonchev–Trinajstić information content (AvgIpc) is 2.81. The normalized spacial score (nSPS) is 10.3. The number of para-hydroxylation sites is 1. The van der Waals surface area contributed by atoms with E-state index in [0.717, 1.165) is 11.4 Å². The van der Waals surface area contributed by atoms with Gasteiger partial charge in [0.15, 0.2) is 4.67 Å². The van der Waals surface area contributed by atoms with Crippen molar-refractivity contribution < 1.29 is 9.21 Å². The lowest BCUT2D eigenvalue weighted by atomic mass is 10.1. The predicted octanol–water partition coefficient (Wildman–Crippen LogP) is 3.36. The number of anilines is 1. The molecule has 100 valence electrons. The molecular weight excluding hydrogens is 308 g/mol.